The van der Waals surface area contributed by atoms with Crippen LogP contribution in [0.4, 0.5) is 4.79 Å². The van der Waals surface area contributed by atoms with Crippen LogP contribution in [0.2, 0.25) is 0 Å². The molecular weight excluding hydrogens is 708 g/mol. The molecule has 1 aliphatic heterocycles. The van der Waals surface area contributed by atoms with Gasteiger partial charge >= 0.3 is 6.09 Å². The molecule has 3 amide bonds. The number of halogens is 1. The van der Waals surface area contributed by atoms with E-state index in [1.165, 1.54) is 23.3 Å². The summed E-state index contributed by atoms with van der Waals surface area (Å²) < 4.78 is 11.4. The Kier molecular flexibility index (Phi) is 14.5. The molecule has 1 aromatic carbocycles. The quantitative estimate of drug-likeness (QED) is 0.112. The van der Waals surface area contributed by atoms with E-state index in [1.54, 1.807) is 45.2 Å². The Bertz CT molecular complexity index is 1420. The fourth-order valence-corrected chi connectivity index (χ4v) is 7.76. The smallest absolute Gasteiger partial charge is 0.410 e. The number of carbonyl (C=O) groups is 4. The zero-order valence-electron chi connectivity index (χ0n) is 29.7. The fourth-order valence-electron chi connectivity index (χ4n) is 6.42. The Hall–Kier alpha value is -2.99. The second kappa shape index (κ2) is 18.3. The third-order valence-electron chi connectivity index (χ3n) is 9.30. The summed E-state index contributed by atoms with van der Waals surface area (Å²) in [5.41, 5.74) is 0.165. The molecule has 1 N–H and O–H groups in total. The molecule has 2 aliphatic rings. The zero-order chi connectivity index (χ0) is 35.6. The van der Waals surface area contributed by atoms with Crippen molar-refractivity contribution in [2.24, 2.45) is 5.92 Å². The molecule has 1 aliphatic carbocycles. The van der Waals surface area contributed by atoms with E-state index in [2.05, 4.69) is 21.2 Å². The third kappa shape index (κ3) is 11.0. The lowest BCUT2D eigenvalue weighted by atomic mass is 9.83. The van der Waals surface area contributed by atoms with E-state index in [0.29, 0.717) is 30.2 Å². The largest absolute Gasteiger partial charge is 0.494 e. The Morgan fingerprint density at radius 1 is 1.06 bits per heavy atom. The van der Waals surface area contributed by atoms with Crippen LogP contribution in [0.25, 0.3) is 0 Å². The number of thiazole rings is 1. The minimum Gasteiger partial charge on any atom is -0.494 e. The Morgan fingerprint density at radius 2 is 1.80 bits per heavy atom. The van der Waals surface area contributed by atoms with E-state index in [0.717, 1.165) is 81.0 Å². The second-order valence-electron chi connectivity index (χ2n) is 14.2. The molecule has 4 rings (SSSR count). The molecule has 0 radical (unpaired) electrons. The molecule has 1 aromatic heterocycles. The van der Waals surface area contributed by atoms with Crippen LogP contribution in [0.3, 0.4) is 0 Å². The number of hydrogen-bond donors (Lipinski definition) is 1. The van der Waals surface area contributed by atoms with Crippen molar-refractivity contribution in [1.29, 1.82) is 0 Å². The van der Waals surface area contributed by atoms with E-state index in [1.807, 2.05) is 17.0 Å². The van der Waals surface area contributed by atoms with Crippen molar-refractivity contribution in [3.8, 4) is 5.75 Å². The molecular formula is C37H53BrN4O6S. The number of unbranched alkanes of at least 4 members (excludes halogenated alkanes) is 3. The molecule has 1 saturated carbocycles. The van der Waals surface area contributed by atoms with E-state index >= 15 is 0 Å². The number of rotatable bonds is 15. The number of likely N-dealkylation sites (tertiary alicyclic amines) is 1. The van der Waals surface area contributed by atoms with E-state index in [4.69, 9.17) is 14.5 Å². The summed E-state index contributed by atoms with van der Waals surface area (Å²) in [6.45, 7) is 8.13. The van der Waals surface area contributed by atoms with Crippen molar-refractivity contribution >= 4 is 51.0 Å². The maximum atomic E-state index is 14.3. The summed E-state index contributed by atoms with van der Waals surface area (Å²) in [5, 5.41) is 6.55. The molecule has 49 heavy (non-hydrogen) atoms. The lowest BCUT2D eigenvalue weighted by Crippen LogP contribution is -2.56. The predicted molar refractivity (Wildman–Crippen MR) is 195 cm³/mol. The maximum Gasteiger partial charge on any atom is 0.410 e. The van der Waals surface area contributed by atoms with Gasteiger partial charge in [-0.05, 0) is 84.3 Å². The Labute approximate surface area is 303 Å². The summed E-state index contributed by atoms with van der Waals surface area (Å²) in [6.07, 6.45) is 10.1. The number of benzene rings is 1. The number of alkyl halides is 1. The number of nitrogens with zero attached hydrogens (tertiary/aromatic N) is 3. The topological polar surface area (TPSA) is 118 Å². The van der Waals surface area contributed by atoms with Gasteiger partial charge in [-0.2, -0.15) is 0 Å². The van der Waals surface area contributed by atoms with Gasteiger partial charge in [0.05, 0.1) is 12.6 Å². The van der Waals surface area contributed by atoms with Gasteiger partial charge in [0, 0.05) is 29.9 Å². The van der Waals surface area contributed by atoms with Crippen molar-refractivity contribution in [2.45, 2.75) is 122 Å². The molecule has 0 bridgehead atoms. The van der Waals surface area contributed by atoms with Crippen LogP contribution in [0, 0.1) is 5.92 Å². The summed E-state index contributed by atoms with van der Waals surface area (Å²) >= 11 is 4.85. The molecule has 10 nitrogen and oxygen atoms in total. The van der Waals surface area contributed by atoms with Crippen LogP contribution in [0.1, 0.15) is 125 Å². The molecule has 2 heterocycles. The van der Waals surface area contributed by atoms with Crippen LogP contribution in [-0.2, 0) is 14.3 Å². The molecule has 0 unspecified atom stereocenters. The van der Waals surface area contributed by atoms with Crippen molar-refractivity contribution in [3.05, 3.63) is 45.9 Å². The minimum absolute atomic E-state index is 0.00253. The van der Waals surface area contributed by atoms with Crippen molar-refractivity contribution < 1.29 is 28.7 Å². The average molecular weight is 762 g/mol. The van der Waals surface area contributed by atoms with Gasteiger partial charge < -0.3 is 19.7 Å². The Balaban J connectivity index is 1.44. The van der Waals surface area contributed by atoms with E-state index in [-0.39, 0.29) is 23.7 Å². The standard InChI is InChI=1S/C37H53BrN4O6S/c1-25(41(5)36(46)48-37(2,3)4)33(44)40-31(26-15-9-8-10-16-26)35(45)42-21-14-19-30(42)34-39-29(24-49-34)32(43)27-17-13-18-28(23-27)47-22-12-7-6-11-20-38/h13,17-18,23-26,30-31H,6-12,14-16,19-22H2,1-5H3,(H,40,44)/t25-,30-,31-/m0/s1. The SMILES string of the molecule is C[C@@H](C(=O)N[C@H](C(=O)N1CCC[C@H]1c1nc(C(=O)c2cccc(OCCCCCCBr)c2)cs1)C1CCCCC1)N(C)C(=O)OC(C)(C)C. The van der Waals surface area contributed by atoms with Gasteiger partial charge in [-0.25, -0.2) is 9.78 Å². The average Bonchev–Trinajstić information content (AvgIpc) is 3.78. The summed E-state index contributed by atoms with van der Waals surface area (Å²) in [4.78, 5) is 61.9. The van der Waals surface area contributed by atoms with E-state index < -0.39 is 29.7 Å². The lowest BCUT2D eigenvalue weighted by molar-refractivity contribution is -0.140. The van der Waals surface area contributed by atoms with Crippen LogP contribution in [0.15, 0.2) is 29.6 Å². The fraction of sp³-hybridized carbons (Fsp3) is 0.649. The normalized spacial score (nSPS) is 18.1. The minimum atomic E-state index is -0.830. The third-order valence-corrected chi connectivity index (χ3v) is 10.8. The molecule has 12 heteroatoms. The highest BCUT2D eigenvalue weighted by atomic mass is 79.9. The number of nitrogens with one attached hydrogen (secondary N) is 1. The number of hydrogen-bond acceptors (Lipinski definition) is 8. The number of carbonyl (C=O) groups excluding carboxylic acids is 4. The van der Waals surface area contributed by atoms with Gasteiger partial charge in [-0.1, -0.05) is 60.2 Å². The van der Waals surface area contributed by atoms with Gasteiger partial charge in [0.25, 0.3) is 0 Å². The highest BCUT2D eigenvalue weighted by molar-refractivity contribution is 9.09. The first-order valence-corrected chi connectivity index (χ1v) is 19.8. The summed E-state index contributed by atoms with van der Waals surface area (Å²) in [6, 6.07) is 5.41. The number of ketones is 1. The van der Waals surface area contributed by atoms with Crippen LogP contribution in [0.5, 0.6) is 5.75 Å². The first-order chi connectivity index (χ1) is 23.4. The maximum absolute atomic E-state index is 14.3. The first kappa shape index (κ1) is 38.8. The molecule has 1 saturated heterocycles. The second-order valence-corrected chi connectivity index (χ2v) is 15.9. The highest BCUT2D eigenvalue weighted by Crippen LogP contribution is 2.37. The molecule has 2 fully saturated rings. The monoisotopic (exact) mass is 760 g/mol. The Morgan fingerprint density at radius 3 is 2.51 bits per heavy atom. The summed E-state index contributed by atoms with van der Waals surface area (Å²) in [5.74, 6) is -0.0397. The van der Waals surface area contributed by atoms with Gasteiger partial charge in [-0.3, -0.25) is 19.3 Å². The predicted octanol–water partition coefficient (Wildman–Crippen LogP) is 7.69. The number of amides is 3. The van der Waals surface area contributed by atoms with Crippen LogP contribution < -0.4 is 10.1 Å². The van der Waals surface area contributed by atoms with Gasteiger partial charge in [0.15, 0.2) is 0 Å². The number of ether oxygens (including phenoxy) is 2. The molecule has 0 spiro atoms. The van der Waals surface area contributed by atoms with Crippen LogP contribution in [-0.4, -0.2) is 81.7 Å². The zero-order valence-corrected chi connectivity index (χ0v) is 32.1. The lowest BCUT2D eigenvalue weighted by Gasteiger charge is -2.36. The van der Waals surface area contributed by atoms with Crippen molar-refractivity contribution in [2.75, 3.05) is 25.5 Å². The van der Waals surface area contributed by atoms with Gasteiger partial charge in [0.1, 0.15) is 34.1 Å². The van der Waals surface area contributed by atoms with Gasteiger partial charge in [0.2, 0.25) is 17.6 Å². The van der Waals surface area contributed by atoms with Crippen molar-refractivity contribution in [1.82, 2.24) is 20.1 Å². The van der Waals surface area contributed by atoms with E-state index in [9.17, 15) is 19.2 Å². The van der Waals surface area contributed by atoms with Crippen molar-refractivity contribution in [3.63, 3.8) is 0 Å². The van der Waals surface area contributed by atoms with Crippen LogP contribution >= 0.6 is 27.3 Å². The molecule has 3 atom stereocenters. The highest BCUT2D eigenvalue weighted by Gasteiger charge is 2.41. The molecule has 270 valence electrons. The number of likely N-dealkylation sites (N-methyl/N-ethyl adjacent to an activating group) is 1. The molecule has 2 aromatic rings. The van der Waals surface area contributed by atoms with Gasteiger partial charge in [-0.15, -0.1) is 11.3 Å². The summed E-state index contributed by atoms with van der Waals surface area (Å²) in [7, 11) is 1.53. The number of aromatic nitrogens is 1. The first-order valence-electron chi connectivity index (χ1n) is 17.7.